The van der Waals surface area contributed by atoms with Crippen molar-refractivity contribution in [1.29, 1.82) is 0 Å². The molecule has 1 saturated heterocycles. The van der Waals surface area contributed by atoms with Crippen molar-refractivity contribution in [3.63, 3.8) is 0 Å². The number of aliphatic imine (C=N–C) groups is 1. The van der Waals surface area contributed by atoms with E-state index in [1.807, 2.05) is 25.8 Å². The summed E-state index contributed by atoms with van der Waals surface area (Å²) in [5, 5.41) is 7.08. The van der Waals surface area contributed by atoms with Crippen molar-refractivity contribution in [1.82, 2.24) is 15.5 Å². The molecular formula is C21H31BrN4O. The number of carbonyl (C=O) groups is 1. The topological polar surface area (TPSA) is 56.7 Å². The Morgan fingerprint density at radius 2 is 1.96 bits per heavy atom. The van der Waals surface area contributed by atoms with E-state index in [9.17, 15) is 4.79 Å². The Labute approximate surface area is 171 Å². The van der Waals surface area contributed by atoms with Crippen LogP contribution in [0, 0.1) is 5.92 Å². The van der Waals surface area contributed by atoms with Crippen molar-refractivity contribution in [3.8, 4) is 0 Å². The molecule has 1 aromatic carbocycles. The van der Waals surface area contributed by atoms with Crippen LogP contribution in [0.15, 0.2) is 33.7 Å². The molecule has 1 heterocycles. The third kappa shape index (κ3) is 4.84. The van der Waals surface area contributed by atoms with Gasteiger partial charge < -0.3 is 15.5 Å². The molecule has 5 nitrogen and oxygen atoms in total. The number of amides is 1. The second-order valence-electron chi connectivity index (χ2n) is 8.08. The molecular weight excluding hydrogens is 404 g/mol. The fourth-order valence-corrected chi connectivity index (χ4v) is 4.54. The molecule has 1 aliphatic heterocycles. The van der Waals surface area contributed by atoms with E-state index in [1.54, 1.807) is 0 Å². The van der Waals surface area contributed by atoms with Gasteiger partial charge in [-0.05, 0) is 37.3 Å². The van der Waals surface area contributed by atoms with Gasteiger partial charge in [0.25, 0.3) is 0 Å². The zero-order chi connectivity index (χ0) is 19.4. The van der Waals surface area contributed by atoms with Gasteiger partial charge in [-0.25, -0.2) is 0 Å². The fraction of sp³-hybridized carbons (Fsp3) is 0.619. The van der Waals surface area contributed by atoms with E-state index < -0.39 is 0 Å². The summed E-state index contributed by atoms with van der Waals surface area (Å²) >= 11 is 3.70. The highest BCUT2D eigenvalue weighted by Gasteiger charge is 2.45. The van der Waals surface area contributed by atoms with Gasteiger partial charge in [0.05, 0.1) is 0 Å². The number of likely N-dealkylation sites (tertiary alicyclic amines) is 1. The molecule has 2 fully saturated rings. The molecule has 2 aliphatic rings. The van der Waals surface area contributed by atoms with Crippen LogP contribution in [0.3, 0.4) is 0 Å². The van der Waals surface area contributed by atoms with E-state index in [0.717, 1.165) is 38.4 Å². The summed E-state index contributed by atoms with van der Waals surface area (Å²) in [5.74, 6) is 1.21. The molecule has 27 heavy (non-hydrogen) atoms. The second-order valence-corrected chi connectivity index (χ2v) is 8.94. The zero-order valence-electron chi connectivity index (χ0n) is 16.6. The Morgan fingerprint density at radius 1 is 1.30 bits per heavy atom. The molecule has 0 bridgehead atoms. The Hall–Kier alpha value is -1.56. The van der Waals surface area contributed by atoms with Crippen LogP contribution in [0.4, 0.5) is 0 Å². The summed E-state index contributed by atoms with van der Waals surface area (Å²) in [6.45, 7) is 6.48. The number of benzene rings is 1. The number of nitrogens with zero attached hydrogens (tertiary/aromatic N) is 2. The summed E-state index contributed by atoms with van der Waals surface area (Å²) in [6.07, 6.45) is 4.34. The number of halogens is 1. The number of carbonyl (C=O) groups excluding carboxylic acids is 1. The molecule has 0 spiro atoms. The van der Waals surface area contributed by atoms with Crippen LogP contribution >= 0.6 is 15.9 Å². The summed E-state index contributed by atoms with van der Waals surface area (Å²) in [5.41, 5.74) is 1.60. The first kappa shape index (κ1) is 20.2. The first-order valence-corrected chi connectivity index (χ1v) is 10.8. The maximum absolute atomic E-state index is 12.1. The number of guanidine groups is 1. The Bertz CT molecular complexity index is 691. The lowest BCUT2D eigenvalue weighted by atomic mass is 9.96. The van der Waals surface area contributed by atoms with Crippen LogP contribution < -0.4 is 10.6 Å². The van der Waals surface area contributed by atoms with Crippen molar-refractivity contribution < 1.29 is 4.79 Å². The van der Waals surface area contributed by atoms with Gasteiger partial charge in [-0.1, -0.05) is 48.0 Å². The van der Waals surface area contributed by atoms with Crippen LogP contribution in [0.2, 0.25) is 0 Å². The molecule has 3 rings (SSSR count). The average molecular weight is 435 g/mol. The summed E-state index contributed by atoms with van der Waals surface area (Å²) in [4.78, 5) is 18.5. The van der Waals surface area contributed by atoms with Gasteiger partial charge in [-0.15, -0.1) is 0 Å². The van der Waals surface area contributed by atoms with E-state index in [4.69, 9.17) is 0 Å². The molecule has 0 aromatic heterocycles. The van der Waals surface area contributed by atoms with Crippen LogP contribution in [0.25, 0.3) is 0 Å². The fourth-order valence-electron chi connectivity index (χ4n) is 3.83. The molecule has 6 heteroatoms. The van der Waals surface area contributed by atoms with Gasteiger partial charge in [0, 0.05) is 48.5 Å². The maximum atomic E-state index is 12.1. The van der Waals surface area contributed by atoms with Gasteiger partial charge in [0.15, 0.2) is 5.96 Å². The van der Waals surface area contributed by atoms with Gasteiger partial charge in [0.2, 0.25) is 5.91 Å². The molecule has 1 aromatic rings. The molecule has 1 aliphatic carbocycles. The minimum absolute atomic E-state index is 0.0796. The number of hydrogen-bond donors (Lipinski definition) is 2. The van der Waals surface area contributed by atoms with E-state index in [2.05, 4.69) is 55.8 Å². The Morgan fingerprint density at radius 3 is 2.52 bits per heavy atom. The largest absolute Gasteiger partial charge is 0.356 e. The van der Waals surface area contributed by atoms with Crippen LogP contribution in [0.1, 0.15) is 45.1 Å². The molecule has 1 amide bonds. The van der Waals surface area contributed by atoms with Crippen LogP contribution in [0.5, 0.6) is 0 Å². The van der Waals surface area contributed by atoms with E-state index in [1.165, 1.54) is 22.9 Å². The molecule has 0 unspecified atom stereocenters. The zero-order valence-corrected chi connectivity index (χ0v) is 18.2. The third-order valence-electron chi connectivity index (χ3n) is 5.76. The van der Waals surface area contributed by atoms with Gasteiger partial charge >= 0.3 is 0 Å². The second kappa shape index (κ2) is 8.63. The van der Waals surface area contributed by atoms with E-state index in [-0.39, 0.29) is 17.2 Å². The summed E-state index contributed by atoms with van der Waals surface area (Å²) in [6, 6.07) is 8.88. The quantitative estimate of drug-likeness (QED) is 0.551. The lowest BCUT2D eigenvalue weighted by Crippen LogP contribution is -2.51. The number of piperidine rings is 1. The minimum atomic E-state index is 0.0796. The Balaban J connectivity index is 1.50. The molecule has 0 radical (unpaired) electrons. The van der Waals surface area contributed by atoms with E-state index in [0.29, 0.717) is 6.04 Å². The number of nitrogens with one attached hydrogen (secondary N) is 2. The van der Waals surface area contributed by atoms with Crippen LogP contribution in [-0.2, 0) is 10.2 Å². The predicted molar refractivity (Wildman–Crippen MR) is 114 cm³/mol. The van der Waals surface area contributed by atoms with E-state index >= 15 is 0 Å². The highest BCUT2D eigenvalue weighted by molar-refractivity contribution is 9.10. The summed E-state index contributed by atoms with van der Waals surface area (Å²) in [7, 11) is 1.82. The minimum Gasteiger partial charge on any atom is -0.356 e. The van der Waals surface area contributed by atoms with Crippen LogP contribution in [-0.4, -0.2) is 49.5 Å². The van der Waals surface area contributed by atoms with Gasteiger partial charge in [-0.3, -0.25) is 9.79 Å². The van der Waals surface area contributed by atoms with Gasteiger partial charge in [0.1, 0.15) is 0 Å². The van der Waals surface area contributed by atoms with Crippen molar-refractivity contribution in [3.05, 3.63) is 34.3 Å². The lowest BCUT2D eigenvalue weighted by molar-refractivity contribution is -0.135. The normalized spacial score (nSPS) is 19.9. The Kier molecular flexibility index (Phi) is 6.45. The predicted octanol–water partition coefficient (Wildman–Crippen LogP) is 3.29. The molecule has 0 atom stereocenters. The standard InChI is InChI=1S/C21H31BrN4O/c1-15(2)19(27)26-12-8-16(9-13-26)25-20(23-3)24-14-21(10-11-21)17-6-4-5-7-18(17)22/h4-7,15-16H,8-14H2,1-3H3,(H2,23,24,25). The molecule has 2 N–H and O–H groups in total. The smallest absolute Gasteiger partial charge is 0.225 e. The van der Waals surface area contributed by atoms with Crippen molar-refractivity contribution in [2.75, 3.05) is 26.7 Å². The number of hydrogen-bond acceptors (Lipinski definition) is 2. The highest BCUT2D eigenvalue weighted by Crippen LogP contribution is 2.49. The third-order valence-corrected chi connectivity index (χ3v) is 6.45. The van der Waals surface area contributed by atoms with Gasteiger partial charge in [-0.2, -0.15) is 0 Å². The first-order valence-electron chi connectivity index (χ1n) is 9.96. The van der Waals surface area contributed by atoms with Crippen molar-refractivity contribution >= 4 is 27.8 Å². The number of rotatable bonds is 5. The summed E-state index contributed by atoms with van der Waals surface area (Å²) < 4.78 is 1.19. The molecule has 148 valence electrons. The maximum Gasteiger partial charge on any atom is 0.225 e. The average Bonchev–Trinajstić information content (AvgIpc) is 3.46. The monoisotopic (exact) mass is 434 g/mol. The lowest BCUT2D eigenvalue weighted by Gasteiger charge is -2.34. The SMILES string of the molecule is CN=C(NCC1(c2ccccc2Br)CC1)NC1CCN(C(=O)C(C)C)CC1. The van der Waals surface area contributed by atoms with Crippen molar-refractivity contribution in [2.24, 2.45) is 10.9 Å². The highest BCUT2D eigenvalue weighted by atomic mass is 79.9. The van der Waals surface area contributed by atoms with Crippen molar-refractivity contribution in [2.45, 2.75) is 51.0 Å². The molecule has 1 saturated carbocycles. The first-order chi connectivity index (χ1) is 12.9.